The second kappa shape index (κ2) is 14.1. The number of ether oxygens (including phenoxy) is 2. The summed E-state index contributed by atoms with van der Waals surface area (Å²) in [6.45, 7) is 7.17. The number of allylic oxidation sites excluding steroid dienone is 1. The highest BCUT2D eigenvalue weighted by molar-refractivity contribution is 6.05. The van der Waals surface area contributed by atoms with Crippen LogP contribution in [0.15, 0.2) is 98.1 Å². The van der Waals surface area contributed by atoms with Gasteiger partial charge in [-0.25, -0.2) is 0 Å². The van der Waals surface area contributed by atoms with E-state index in [0.29, 0.717) is 24.9 Å². The molecule has 3 aromatic carbocycles. The van der Waals surface area contributed by atoms with Crippen molar-refractivity contribution in [1.82, 2.24) is 10.2 Å². The van der Waals surface area contributed by atoms with E-state index in [1.54, 1.807) is 17.1 Å². The minimum atomic E-state index is -1.24. The number of carbonyl (C=O) groups excluding carboxylic acids is 4. The van der Waals surface area contributed by atoms with Crippen LogP contribution < -0.4 is 10.2 Å². The number of anilines is 1. The molecule has 0 saturated carbocycles. The van der Waals surface area contributed by atoms with Gasteiger partial charge in [-0.15, -0.1) is 13.2 Å². The maximum Gasteiger partial charge on any atom is 0.306 e. The summed E-state index contributed by atoms with van der Waals surface area (Å²) in [7, 11) is 0. The van der Waals surface area contributed by atoms with Crippen LogP contribution in [0.3, 0.4) is 0 Å². The Labute approximate surface area is 280 Å². The van der Waals surface area contributed by atoms with E-state index in [4.69, 9.17) is 9.47 Å². The van der Waals surface area contributed by atoms with Crippen LogP contribution in [-0.2, 0) is 28.7 Å². The molecule has 6 rings (SSSR count). The lowest BCUT2D eigenvalue weighted by molar-refractivity contribution is -0.146. The number of carbonyl (C=O) groups is 4. The van der Waals surface area contributed by atoms with Gasteiger partial charge in [0.25, 0.3) is 5.91 Å². The molecular formula is C38H41N3O7. The molecule has 0 aromatic heterocycles. The van der Waals surface area contributed by atoms with Gasteiger partial charge in [0.2, 0.25) is 11.8 Å². The normalized spacial score (nSPS) is 24.6. The molecule has 1 spiro atoms. The lowest BCUT2D eigenvalue weighted by Gasteiger charge is -2.36. The maximum atomic E-state index is 14.7. The summed E-state index contributed by atoms with van der Waals surface area (Å²) in [5.41, 5.74) is 0.139. The Balaban J connectivity index is 1.29. The van der Waals surface area contributed by atoms with Gasteiger partial charge in [0.1, 0.15) is 18.2 Å². The third-order valence-electron chi connectivity index (χ3n) is 9.78. The average molecular weight is 652 g/mol. The predicted octanol–water partition coefficient (Wildman–Crippen LogP) is 4.09. The first-order chi connectivity index (χ1) is 23.3. The number of esters is 1. The Kier molecular flexibility index (Phi) is 9.75. The summed E-state index contributed by atoms with van der Waals surface area (Å²) >= 11 is 0. The summed E-state index contributed by atoms with van der Waals surface area (Å²) in [4.78, 5) is 58.4. The molecule has 48 heavy (non-hydrogen) atoms. The Hall–Kier alpha value is -4.80. The van der Waals surface area contributed by atoms with Gasteiger partial charge in [0, 0.05) is 25.2 Å². The van der Waals surface area contributed by atoms with Crippen molar-refractivity contribution < 1.29 is 33.8 Å². The van der Waals surface area contributed by atoms with Gasteiger partial charge in [0.15, 0.2) is 0 Å². The molecule has 3 aliphatic rings. The molecule has 250 valence electrons. The molecule has 0 radical (unpaired) electrons. The van der Waals surface area contributed by atoms with E-state index in [9.17, 15) is 24.3 Å². The summed E-state index contributed by atoms with van der Waals surface area (Å²) in [6, 6.07) is 21.0. The van der Waals surface area contributed by atoms with Gasteiger partial charge >= 0.3 is 5.97 Å². The molecule has 10 nitrogen and oxygen atoms in total. The second-order valence-corrected chi connectivity index (χ2v) is 12.6. The van der Waals surface area contributed by atoms with Gasteiger partial charge in [0.05, 0.1) is 30.6 Å². The Morgan fingerprint density at radius 1 is 1.06 bits per heavy atom. The van der Waals surface area contributed by atoms with Crippen LogP contribution in [0.25, 0.3) is 10.8 Å². The third-order valence-corrected chi connectivity index (χ3v) is 9.78. The molecule has 3 amide bonds. The van der Waals surface area contributed by atoms with Crippen LogP contribution in [0.2, 0.25) is 0 Å². The zero-order chi connectivity index (χ0) is 33.8. The highest BCUT2D eigenvalue weighted by Gasteiger charge is 2.74. The van der Waals surface area contributed by atoms with Crippen molar-refractivity contribution in [2.24, 2.45) is 11.8 Å². The van der Waals surface area contributed by atoms with Crippen LogP contribution in [0.4, 0.5) is 5.69 Å². The molecule has 3 aliphatic heterocycles. The molecule has 0 unspecified atom stereocenters. The number of aliphatic hydroxyl groups is 1. The SMILES string of the molecule is C=CCCC(=O)OC[C@@H](NC(=O)[C@@H]1[C@H]2C(=O)N(CCO)[C@H](C(=O)N(CC=C)c3ccc4ccccc4c3)[C@]23CC[C@H]1O3)c1ccccc1. The predicted molar refractivity (Wildman–Crippen MR) is 181 cm³/mol. The topological polar surface area (TPSA) is 125 Å². The van der Waals surface area contributed by atoms with Crippen LogP contribution >= 0.6 is 0 Å². The number of nitrogens with zero attached hydrogens (tertiary/aromatic N) is 2. The first-order valence-corrected chi connectivity index (χ1v) is 16.4. The highest BCUT2D eigenvalue weighted by atomic mass is 16.5. The maximum absolute atomic E-state index is 14.7. The molecule has 3 saturated heterocycles. The molecule has 3 heterocycles. The molecule has 10 heteroatoms. The quantitative estimate of drug-likeness (QED) is 0.199. The van der Waals surface area contributed by atoms with Gasteiger partial charge < -0.3 is 29.7 Å². The van der Waals surface area contributed by atoms with Crippen molar-refractivity contribution >= 4 is 40.2 Å². The van der Waals surface area contributed by atoms with Gasteiger partial charge in [-0.3, -0.25) is 19.2 Å². The zero-order valence-corrected chi connectivity index (χ0v) is 26.8. The first-order valence-electron chi connectivity index (χ1n) is 16.4. The molecule has 2 bridgehead atoms. The lowest BCUT2D eigenvalue weighted by Crippen LogP contribution is -2.57. The molecule has 0 aliphatic carbocycles. The van der Waals surface area contributed by atoms with Crippen LogP contribution in [0.5, 0.6) is 0 Å². The fraction of sp³-hybridized carbons (Fsp3) is 0.368. The average Bonchev–Trinajstić information content (AvgIpc) is 3.75. The number of hydrogen-bond donors (Lipinski definition) is 2. The van der Waals surface area contributed by atoms with Crippen molar-refractivity contribution in [2.45, 2.75) is 49.5 Å². The molecule has 3 fully saturated rings. The van der Waals surface area contributed by atoms with Crippen molar-refractivity contribution in [1.29, 1.82) is 0 Å². The minimum Gasteiger partial charge on any atom is -0.463 e. The first kappa shape index (κ1) is 33.1. The number of likely N-dealkylation sites (tertiary alicyclic amines) is 1. The van der Waals surface area contributed by atoms with Gasteiger partial charge in [-0.2, -0.15) is 0 Å². The standard InChI is InChI=1S/C38H41N3O7/c1-3-5-15-31(43)47-24-29(26-12-7-6-8-13-26)39-35(44)32-30-18-19-38(48-30)33(32)36(45)41(21-22-42)34(38)37(46)40(20-4-2)28-17-16-25-11-9-10-14-27(25)23-28/h3-4,6-14,16-17,23,29-30,32-34,42H,1-2,5,15,18-22,24H2,(H,39,44)/t29-,30-,32+,33+,34-,38+/m1/s1. The number of β-amino-alcohol motifs (C(OH)–C–C–N with tert-alkyl or cyclic N) is 1. The summed E-state index contributed by atoms with van der Waals surface area (Å²) in [5.74, 6) is -3.37. The van der Waals surface area contributed by atoms with Crippen molar-refractivity contribution in [3.63, 3.8) is 0 Å². The van der Waals surface area contributed by atoms with E-state index in [2.05, 4.69) is 18.5 Å². The lowest BCUT2D eigenvalue weighted by atomic mass is 9.70. The summed E-state index contributed by atoms with van der Waals surface area (Å²) in [5, 5.41) is 15.0. The number of hydrogen-bond acceptors (Lipinski definition) is 7. The number of benzene rings is 3. The van der Waals surface area contributed by atoms with E-state index in [1.807, 2.05) is 72.8 Å². The number of nitrogens with one attached hydrogen (secondary N) is 1. The van der Waals surface area contributed by atoms with E-state index >= 15 is 0 Å². The smallest absolute Gasteiger partial charge is 0.306 e. The van der Waals surface area contributed by atoms with Crippen LogP contribution in [0.1, 0.15) is 37.3 Å². The Bertz CT molecular complexity index is 1710. The largest absolute Gasteiger partial charge is 0.463 e. The number of rotatable bonds is 14. The van der Waals surface area contributed by atoms with Crippen molar-refractivity contribution in [3.8, 4) is 0 Å². The fourth-order valence-corrected chi connectivity index (χ4v) is 7.67. The number of aliphatic hydroxyl groups excluding tert-OH is 1. The van der Waals surface area contributed by atoms with E-state index in [0.717, 1.165) is 16.3 Å². The van der Waals surface area contributed by atoms with E-state index in [-0.39, 0.29) is 38.6 Å². The zero-order valence-electron chi connectivity index (χ0n) is 26.8. The van der Waals surface area contributed by atoms with Crippen LogP contribution in [0, 0.1) is 11.8 Å². The molecule has 6 atom stereocenters. The number of fused-ring (bicyclic) bond motifs is 2. The Morgan fingerprint density at radius 3 is 2.54 bits per heavy atom. The second-order valence-electron chi connectivity index (χ2n) is 12.6. The van der Waals surface area contributed by atoms with E-state index < -0.39 is 53.4 Å². The van der Waals surface area contributed by atoms with E-state index in [1.165, 1.54) is 4.90 Å². The molecule has 3 aromatic rings. The monoisotopic (exact) mass is 651 g/mol. The molecule has 2 N–H and O–H groups in total. The summed E-state index contributed by atoms with van der Waals surface area (Å²) < 4.78 is 12.1. The highest BCUT2D eigenvalue weighted by Crippen LogP contribution is 2.58. The van der Waals surface area contributed by atoms with Gasteiger partial charge in [-0.1, -0.05) is 72.8 Å². The van der Waals surface area contributed by atoms with Crippen molar-refractivity contribution in [3.05, 3.63) is 104 Å². The van der Waals surface area contributed by atoms with Crippen molar-refractivity contribution in [2.75, 3.05) is 31.2 Å². The van der Waals surface area contributed by atoms with Gasteiger partial charge in [-0.05, 0) is 47.7 Å². The fourth-order valence-electron chi connectivity index (χ4n) is 7.67. The van der Waals surface area contributed by atoms with Crippen LogP contribution in [-0.4, -0.2) is 77.7 Å². The third kappa shape index (κ3) is 6.02. The number of amides is 3. The Morgan fingerprint density at radius 2 is 1.81 bits per heavy atom. The molecular weight excluding hydrogens is 610 g/mol. The minimum absolute atomic E-state index is 0.0805. The summed E-state index contributed by atoms with van der Waals surface area (Å²) in [6.07, 6.45) is 4.25.